The number of carbonyl (C=O) groups is 1. The molecular formula is C19H23ClFN3O4. The first-order valence-corrected chi connectivity index (χ1v) is 9.10. The molecule has 7 nitrogen and oxygen atoms in total. The number of rotatable bonds is 4. The molecule has 3 N–H and O–H groups in total. The Morgan fingerprint density at radius 3 is 2.75 bits per heavy atom. The Morgan fingerprint density at radius 1 is 1.43 bits per heavy atom. The number of anilines is 1. The summed E-state index contributed by atoms with van der Waals surface area (Å²) in [5.41, 5.74) is 7.25. The Bertz CT molecular complexity index is 990. The van der Waals surface area contributed by atoms with E-state index in [2.05, 4.69) is 0 Å². The van der Waals surface area contributed by atoms with Crippen molar-refractivity contribution in [3.05, 3.63) is 45.1 Å². The maximum atomic E-state index is 15.1. The molecule has 1 unspecified atom stereocenters. The van der Waals surface area contributed by atoms with Crippen LogP contribution in [0.5, 0.6) is 0 Å². The molecule has 4 rings (SSSR count). The second-order valence-electron chi connectivity index (χ2n) is 7.23. The Morgan fingerprint density at radius 2 is 2.14 bits per heavy atom. The van der Waals surface area contributed by atoms with Crippen molar-refractivity contribution in [1.82, 2.24) is 4.40 Å². The molecule has 0 radical (unpaired) electrons. The number of fused-ring (bicyclic) bond motifs is 1. The van der Waals surface area contributed by atoms with Gasteiger partial charge in [-0.15, -0.1) is 12.4 Å². The van der Waals surface area contributed by atoms with Crippen LogP contribution < -0.4 is 16.2 Å². The maximum absolute atomic E-state index is 15.1. The third-order valence-electron chi connectivity index (χ3n) is 5.48. The number of morpholine rings is 1. The van der Waals surface area contributed by atoms with Gasteiger partial charge in [-0.3, -0.25) is 9.20 Å². The van der Waals surface area contributed by atoms with Crippen LogP contribution in [0.3, 0.4) is 0 Å². The molecule has 0 spiro atoms. The molecule has 2 aliphatic rings. The van der Waals surface area contributed by atoms with E-state index in [9.17, 15) is 14.7 Å². The topological polar surface area (TPSA) is 97.3 Å². The average molecular weight is 412 g/mol. The monoisotopic (exact) mass is 411 g/mol. The highest BCUT2D eigenvalue weighted by Crippen LogP contribution is 2.44. The van der Waals surface area contributed by atoms with Gasteiger partial charge < -0.3 is 20.5 Å². The van der Waals surface area contributed by atoms with Crippen LogP contribution in [-0.4, -0.2) is 47.8 Å². The van der Waals surface area contributed by atoms with Crippen molar-refractivity contribution in [2.75, 3.05) is 31.2 Å². The molecule has 0 bridgehead atoms. The lowest BCUT2D eigenvalue weighted by molar-refractivity contribution is 0.0694. The molecule has 0 aromatic carbocycles. The standard InChI is InChI=1S/C19H22FN3O4.ClH/c1-10-16-13(11-2-3-11)6-14(19(25)26)18(24)23(16)8-15(20)17(10)22-4-5-27-9-12(22)7-21;/h6,8,11-12H,2-5,7,9,21H2,1H3,(H,25,26);1H. The zero-order chi connectivity index (χ0) is 19.3. The van der Waals surface area contributed by atoms with E-state index in [4.69, 9.17) is 10.5 Å². The number of aromatic carboxylic acids is 1. The molecule has 3 heterocycles. The van der Waals surface area contributed by atoms with E-state index in [0.29, 0.717) is 43.1 Å². The second kappa shape index (κ2) is 7.69. The molecule has 1 aliphatic heterocycles. The molecule has 152 valence electrons. The van der Waals surface area contributed by atoms with Gasteiger partial charge in [-0.25, -0.2) is 9.18 Å². The first kappa shape index (κ1) is 20.6. The SMILES string of the molecule is Cc1c(N2CCOCC2CN)c(F)cn2c(=O)c(C(=O)O)cc(C3CC3)c12.Cl. The highest BCUT2D eigenvalue weighted by Gasteiger charge is 2.32. The van der Waals surface area contributed by atoms with Crippen molar-refractivity contribution in [2.45, 2.75) is 31.7 Å². The zero-order valence-electron chi connectivity index (χ0n) is 15.5. The van der Waals surface area contributed by atoms with E-state index in [0.717, 1.165) is 29.0 Å². The molecule has 1 atom stereocenters. The van der Waals surface area contributed by atoms with Crippen LogP contribution in [0.4, 0.5) is 10.1 Å². The van der Waals surface area contributed by atoms with Crippen LogP contribution in [0, 0.1) is 12.7 Å². The third-order valence-corrected chi connectivity index (χ3v) is 5.48. The van der Waals surface area contributed by atoms with Gasteiger partial charge in [0.1, 0.15) is 5.56 Å². The van der Waals surface area contributed by atoms with E-state index in [1.807, 2.05) is 4.90 Å². The molecular weight excluding hydrogens is 389 g/mol. The van der Waals surface area contributed by atoms with Crippen LogP contribution in [0.2, 0.25) is 0 Å². The first-order valence-electron chi connectivity index (χ1n) is 9.10. The highest BCUT2D eigenvalue weighted by atomic mass is 35.5. The highest BCUT2D eigenvalue weighted by molar-refractivity contribution is 5.89. The van der Waals surface area contributed by atoms with E-state index >= 15 is 4.39 Å². The summed E-state index contributed by atoms with van der Waals surface area (Å²) in [5, 5.41) is 9.37. The number of carboxylic acid groups (broad SMARTS) is 1. The summed E-state index contributed by atoms with van der Waals surface area (Å²) in [6.07, 6.45) is 2.98. The predicted octanol–water partition coefficient (Wildman–Crippen LogP) is 1.91. The fraction of sp³-hybridized carbons (Fsp3) is 0.474. The minimum atomic E-state index is -1.30. The van der Waals surface area contributed by atoms with E-state index in [-0.39, 0.29) is 29.9 Å². The fourth-order valence-electron chi connectivity index (χ4n) is 4.00. The predicted molar refractivity (Wildman–Crippen MR) is 106 cm³/mol. The molecule has 2 aromatic heterocycles. The zero-order valence-corrected chi connectivity index (χ0v) is 16.3. The number of hydrogen-bond donors (Lipinski definition) is 2. The number of hydrogen-bond acceptors (Lipinski definition) is 5. The van der Waals surface area contributed by atoms with Gasteiger partial charge in [-0.2, -0.15) is 0 Å². The van der Waals surface area contributed by atoms with Crippen molar-refractivity contribution in [2.24, 2.45) is 5.73 Å². The Kier molecular flexibility index (Phi) is 5.65. The van der Waals surface area contributed by atoms with Crippen molar-refractivity contribution in [3.63, 3.8) is 0 Å². The van der Waals surface area contributed by atoms with Crippen LogP contribution in [0.1, 0.15) is 40.2 Å². The number of halogens is 2. The van der Waals surface area contributed by atoms with E-state index in [1.54, 1.807) is 6.92 Å². The summed E-state index contributed by atoms with van der Waals surface area (Å²) in [6.45, 7) is 3.50. The van der Waals surface area contributed by atoms with E-state index < -0.39 is 17.3 Å². The van der Waals surface area contributed by atoms with Crippen molar-refractivity contribution >= 4 is 29.6 Å². The van der Waals surface area contributed by atoms with Crippen LogP contribution in [-0.2, 0) is 4.74 Å². The third kappa shape index (κ3) is 3.25. The lowest BCUT2D eigenvalue weighted by atomic mass is 10.0. The average Bonchev–Trinajstić information content (AvgIpc) is 3.47. The fourth-order valence-corrected chi connectivity index (χ4v) is 4.00. The summed E-state index contributed by atoms with van der Waals surface area (Å²) in [4.78, 5) is 26.0. The number of nitrogens with two attached hydrogens (primary N) is 1. The van der Waals surface area contributed by atoms with Crippen molar-refractivity contribution in [1.29, 1.82) is 0 Å². The van der Waals surface area contributed by atoms with E-state index in [1.165, 1.54) is 6.07 Å². The number of ether oxygens (including phenoxy) is 1. The normalized spacial score (nSPS) is 19.5. The van der Waals surface area contributed by atoms with Crippen LogP contribution in [0.25, 0.3) is 5.52 Å². The minimum absolute atomic E-state index is 0. The number of nitrogens with zero attached hydrogens (tertiary/aromatic N) is 2. The quantitative estimate of drug-likeness (QED) is 0.797. The molecule has 1 saturated heterocycles. The number of aryl methyl sites for hydroxylation is 1. The lowest BCUT2D eigenvalue weighted by Crippen LogP contribution is -2.50. The summed E-state index contributed by atoms with van der Waals surface area (Å²) in [7, 11) is 0. The van der Waals surface area contributed by atoms with Gasteiger partial charge in [0.15, 0.2) is 5.82 Å². The van der Waals surface area contributed by atoms with Gasteiger partial charge >= 0.3 is 5.97 Å². The van der Waals surface area contributed by atoms with Crippen LogP contribution >= 0.6 is 12.4 Å². The Hall–Kier alpha value is -2.16. The molecule has 0 amide bonds. The van der Waals surface area contributed by atoms with Gasteiger partial charge in [0.05, 0.1) is 36.7 Å². The molecule has 2 fully saturated rings. The van der Waals surface area contributed by atoms with Crippen LogP contribution in [0.15, 0.2) is 17.1 Å². The van der Waals surface area contributed by atoms with Gasteiger partial charge in [0.2, 0.25) is 0 Å². The van der Waals surface area contributed by atoms with Gasteiger partial charge in [0, 0.05) is 13.1 Å². The minimum Gasteiger partial charge on any atom is -0.477 e. The molecule has 1 aliphatic carbocycles. The first-order chi connectivity index (χ1) is 12.9. The summed E-state index contributed by atoms with van der Waals surface area (Å²) >= 11 is 0. The molecule has 28 heavy (non-hydrogen) atoms. The molecule has 2 aromatic rings. The van der Waals surface area contributed by atoms with Crippen molar-refractivity contribution < 1.29 is 19.0 Å². The largest absolute Gasteiger partial charge is 0.477 e. The van der Waals surface area contributed by atoms with Crippen molar-refractivity contribution in [3.8, 4) is 0 Å². The van der Waals surface area contributed by atoms with Gasteiger partial charge in [-0.1, -0.05) is 0 Å². The Balaban J connectivity index is 0.00000225. The smallest absolute Gasteiger partial charge is 0.341 e. The molecule has 9 heteroatoms. The molecule has 1 saturated carbocycles. The summed E-state index contributed by atoms with van der Waals surface area (Å²) in [6, 6.07) is 1.32. The Labute approximate surface area is 167 Å². The second-order valence-corrected chi connectivity index (χ2v) is 7.23. The summed E-state index contributed by atoms with van der Waals surface area (Å²) < 4.78 is 21.7. The maximum Gasteiger partial charge on any atom is 0.341 e. The number of aromatic nitrogens is 1. The number of pyridine rings is 2. The lowest BCUT2D eigenvalue weighted by Gasteiger charge is -2.38. The summed E-state index contributed by atoms with van der Waals surface area (Å²) in [5.74, 6) is -1.66. The van der Waals surface area contributed by atoms with Gasteiger partial charge in [0.25, 0.3) is 5.56 Å². The van der Waals surface area contributed by atoms with Gasteiger partial charge in [-0.05, 0) is 42.9 Å². The number of carboxylic acids is 1.